The minimum Gasteiger partial charge on any atom is -0.465 e. The second-order valence-electron chi connectivity index (χ2n) is 11.2. The Morgan fingerprint density at radius 1 is 1.21 bits per heavy atom. The van der Waals surface area contributed by atoms with Crippen molar-refractivity contribution < 1.29 is 54.6 Å². The first-order chi connectivity index (χ1) is 19.6. The summed E-state index contributed by atoms with van der Waals surface area (Å²) in [4.78, 5) is 31.0. The summed E-state index contributed by atoms with van der Waals surface area (Å²) in [5.74, 6) is -6.83. The third kappa shape index (κ3) is 5.95. The molecule has 3 atom stereocenters. The summed E-state index contributed by atoms with van der Waals surface area (Å²) in [5, 5.41) is 12.0. The molecule has 1 aliphatic heterocycles. The summed E-state index contributed by atoms with van der Waals surface area (Å²) in [6, 6.07) is -1.87. The minimum atomic E-state index is -4.66. The summed E-state index contributed by atoms with van der Waals surface area (Å²) in [5.41, 5.74) is 0.662. The molecule has 1 aromatic carbocycles. The van der Waals surface area contributed by atoms with Gasteiger partial charge in [-0.15, -0.1) is 0 Å². The van der Waals surface area contributed by atoms with E-state index in [0.29, 0.717) is 5.56 Å². The van der Waals surface area contributed by atoms with Crippen LogP contribution >= 0.6 is 0 Å². The third-order valence-corrected chi connectivity index (χ3v) is 8.29. The van der Waals surface area contributed by atoms with E-state index in [1.807, 2.05) is 5.32 Å². The predicted octanol–water partition coefficient (Wildman–Crippen LogP) is 6.12. The van der Waals surface area contributed by atoms with Gasteiger partial charge in [0.05, 0.1) is 19.2 Å². The van der Waals surface area contributed by atoms with Crippen molar-refractivity contribution in [3.8, 4) is 0 Å². The minimum absolute atomic E-state index is 0.0884. The highest BCUT2D eigenvalue weighted by atomic mass is 19.4. The highest BCUT2D eigenvalue weighted by molar-refractivity contribution is 5.78. The van der Waals surface area contributed by atoms with Crippen LogP contribution in [0.2, 0.25) is 0 Å². The SMILES string of the molecule is COCC(c1ccc2oc(C(C3CCC(F)(F)CC3)N(C(=O)O)C3CC(F)(F)C3)nc2c1)N1CC(C(F)(F)F)NC1=O. The van der Waals surface area contributed by atoms with Crippen molar-refractivity contribution in [1.29, 1.82) is 0 Å². The molecule has 3 fully saturated rings. The van der Waals surface area contributed by atoms with Crippen LogP contribution in [-0.2, 0) is 4.74 Å². The molecule has 0 spiro atoms. The first-order valence-electron chi connectivity index (χ1n) is 13.4. The molecule has 5 rings (SSSR count). The van der Waals surface area contributed by atoms with Crippen molar-refractivity contribution in [2.75, 3.05) is 20.3 Å². The molecule has 2 heterocycles. The zero-order valence-electron chi connectivity index (χ0n) is 22.3. The predicted molar refractivity (Wildman–Crippen MR) is 131 cm³/mol. The lowest BCUT2D eigenvalue weighted by Gasteiger charge is -2.46. The van der Waals surface area contributed by atoms with E-state index in [9.17, 15) is 45.4 Å². The molecule has 9 nitrogen and oxygen atoms in total. The van der Waals surface area contributed by atoms with E-state index in [1.165, 1.54) is 25.3 Å². The van der Waals surface area contributed by atoms with E-state index < -0.39 is 92.5 Å². The van der Waals surface area contributed by atoms with Crippen molar-refractivity contribution in [1.82, 2.24) is 20.1 Å². The van der Waals surface area contributed by atoms with Gasteiger partial charge in [-0.1, -0.05) is 6.07 Å². The molecule has 232 valence electrons. The maximum Gasteiger partial charge on any atom is 0.410 e. The molecule has 0 radical (unpaired) electrons. The van der Waals surface area contributed by atoms with Crippen LogP contribution in [0.5, 0.6) is 0 Å². The number of ether oxygens (including phenoxy) is 1. The molecule has 1 aromatic heterocycles. The van der Waals surface area contributed by atoms with Gasteiger partial charge in [-0.05, 0) is 36.5 Å². The lowest BCUT2D eigenvalue weighted by Crippen LogP contribution is -2.55. The summed E-state index contributed by atoms with van der Waals surface area (Å²) in [6.07, 6.45) is -8.82. The number of alkyl halides is 7. The van der Waals surface area contributed by atoms with Gasteiger partial charge < -0.3 is 24.5 Å². The molecule has 3 aliphatic rings. The number of halogens is 7. The Labute approximate surface area is 235 Å². The van der Waals surface area contributed by atoms with Crippen LogP contribution < -0.4 is 5.32 Å². The van der Waals surface area contributed by atoms with Crippen LogP contribution in [0.1, 0.15) is 62.1 Å². The van der Waals surface area contributed by atoms with E-state index >= 15 is 0 Å². The molecule has 0 bridgehead atoms. The van der Waals surface area contributed by atoms with Gasteiger partial charge in [-0.3, -0.25) is 4.90 Å². The molecule has 42 heavy (non-hydrogen) atoms. The largest absolute Gasteiger partial charge is 0.465 e. The monoisotopic (exact) mass is 610 g/mol. The average molecular weight is 611 g/mol. The van der Waals surface area contributed by atoms with Gasteiger partial charge in [-0.2, -0.15) is 13.2 Å². The van der Waals surface area contributed by atoms with Crippen LogP contribution in [-0.4, -0.2) is 82.4 Å². The lowest BCUT2D eigenvalue weighted by molar-refractivity contribution is -0.150. The number of carboxylic acid groups (broad SMARTS) is 1. The number of fused-ring (bicyclic) bond motifs is 1. The number of carbonyl (C=O) groups is 2. The molecular weight excluding hydrogens is 581 g/mol. The molecule has 2 saturated carbocycles. The third-order valence-electron chi connectivity index (χ3n) is 8.29. The number of rotatable bonds is 8. The van der Waals surface area contributed by atoms with Crippen LogP contribution in [0.15, 0.2) is 22.6 Å². The van der Waals surface area contributed by atoms with Gasteiger partial charge in [0.15, 0.2) is 5.58 Å². The quantitative estimate of drug-likeness (QED) is 0.349. The summed E-state index contributed by atoms with van der Waals surface area (Å²) < 4.78 is 106. The van der Waals surface area contributed by atoms with Gasteiger partial charge in [0.1, 0.15) is 17.6 Å². The molecule has 16 heteroatoms. The summed E-state index contributed by atoms with van der Waals surface area (Å²) in [6.45, 7) is -0.817. The Morgan fingerprint density at radius 2 is 1.88 bits per heavy atom. The fraction of sp³-hybridized carbons (Fsp3) is 0.654. The van der Waals surface area contributed by atoms with Crippen LogP contribution in [0.4, 0.5) is 40.3 Å². The fourth-order valence-electron chi connectivity index (χ4n) is 6.09. The van der Waals surface area contributed by atoms with E-state index in [0.717, 1.165) is 9.80 Å². The van der Waals surface area contributed by atoms with Crippen molar-refractivity contribution in [3.05, 3.63) is 29.7 Å². The Hall–Kier alpha value is -3.30. The van der Waals surface area contributed by atoms with Crippen LogP contribution in [0, 0.1) is 5.92 Å². The normalized spacial score (nSPS) is 24.3. The van der Waals surface area contributed by atoms with Crippen LogP contribution in [0.25, 0.3) is 11.1 Å². The second kappa shape index (κ2) is 10.8. The Morgan fingerprint density at radius 3 is 2.43 bits per heavy atom. The zero-order chi connectivity index (χ0) is 30.6. The highest BCUT2D eigenvalue weighted by Gasteiger charge is 2.54. The van der Waals surface area contributed by atoms with Crippen molar-refractivity contribution >= 4 is 23.2 Å². The molecule has 3 unspecified atom stereocenters. The summed E-state index contributed by atoms with van der Waals surface area (Å²) >= 11 is 0. The first-order valence-corrected chi connectivity index (χ1v) is 13.4. The van der Waals surface area contributed by atoms with Gasteiger partial charge in [0.2, 0.25) is 11.8 Å². The lowest BCUT2D eigenvalue weighted by atomic mass is 9.79. The van der Waals surface area contributed by atoms with E-state index in [-0.39, 0.29) is 36.4 Å². The van der Waals surface area contributed by atoms with E-state index in [1.54, 1.807) is 0 Å². The van der Waals surface area contributed by atoms with E-state index in [4.69, 9.17) is 9.15 Å². The molecular formula is C26H29F7N4O5. The van der Waals surface area contributed by atoms with Gasteiger partial charge in [-0.25, -0.2) is 32.1 Å². The Kier molecular flexibility index (Phi) is 7.73. The van der Waals surface area contributed by atoms with Gasteiger partial charge >= 0.3 is 18.3 Å². The number of oxazole rings is 1. The number of urea groups is 1. The van der Waals surface area contributed by atoms with Crippen molar-refractivity contribution in [3.63, 3.8) is 0 Å². The molecule has 3 amide bonds. The Balaban J connectivity index is 1.49. The first kappa shape index (κ1) is 30.2. The van der Waals surface area contributed by atoms with E-state index in [2.05, 4.69) is 4.98 Å². The van der Waals surface area contributed by atoms with Gasteiger partial charge in [0, 0.05) is 38.8 Å². The molecule has 2 aliphatic carbocycles. The number of methoxy groups -OCH3 is 1. The Bertz CT molecular complexity index is 1320. The number of hydrogen-bond donors (Lipinski definition) is 2. The maximum absolute atomic E-state index is 14.0. The summed E-state index contributed by atoms with van der Waals surface area (Å²) in [7, 11) is 1.32. The molecule has 2 aromatic rings. The van der Waals surface area contributed by atoms with Crippen molar-refractivity contribution in [2.24, 2.45) is 5.92 Å². The second-order valence-corrected chi connectivity index (χ2v) is 11.2. The average Bonchev–Trinajstić information content (AvgIpc) is 3.47. The molecule has 1 saturated heterocycles. The smallest absolute Gasteiger partial charge is 0.410 e. The number of nitrogens with zero attached hydrogens (tertiary/aromatic N) is 3. The zero-order valence-corrected chi connectivity index (χ0v) is 22.3. The number of aromatic nitrogens is 1. The van der Waals surface area contributed by atoms with Crippen LogP contribution in [0.3, 0.4) is 0 Å². The fourth-order valence-corrected chi connectivity index (χ4v) is 6.09. The number of benzene rings is 1. The standard InChI is InChI=1S/C26H29F7N4O5/c1-41-12-17(36-11-19(26(31,32)33)35-22(36)38)14-2-3-18-16(8-14)34-21(42-18)20(13-4-6-24(27,28)7-5-13)37(23(39)40)15-9-25(29,30)10-15/h2-3,8,13,15,17,19-20H,4-7,9-12H2,1H3,(H,35,38)(H,39,40). The number of amides is 3. The topological polar surface area (TPSA) is 108 Å². The number of hydrogen-bond acceptors (Lipinski definition) is 5. The maximum atomic E-state index is 14.0. The van der Waals surface area contributed by atoms with Gasteiger partial charge in [0.25, 0.3) is 5.92 Å². The highest BCUT2D eigenvalue weighted by Crippen LogP contribution is 2.49. The van der Waals surface area contributed by atoms with Crippen molar-refractivity contribution in [2.45, 2.75) is 80.7 Å². The number of nitrogens with one attached hydrogen (secondary N) is 1. The molecule has 2 N–H and O–H groups in total. The number of carbonyl (C=O) groups excluding carboxylic acids is 1.